The first-order chi connectivity index (χ1) is 7.24. The Kier molecular flexibility index (Phi) is 6.26. The molecule has 1 atom stereocenters. The summed E-state index contributed by atoms with van der Waals surface area (Å²) < 4.78 is 0. The molecule has 0 radical (unpaired) electrons. The monoisotopic (exact) mass is 240 g/mol. The molecule has 15 heavy (non-hydrogen) atoms. The third kappa shape index (κ3) is 4.98. The van der Waals surface area contributed by atoms with Crippen LogP contribution in [-0.4, -0.2) is 11.5 Å². The zero-order chi connectivity index (χ0) is 11.1. The molecule has 0 aromatic heterocycles. The molecule has 1 aromatic rings. The lowest BCUT2D eigenvalue weighted by molar-refractivity contribution is 0.473. The van der Waals surface area contributed by atoms with Crippen molar-refractivity contribution in [3.8, 4) is 0 Å². The molecule has 0 aliphatic rings. The Balaban J connectivity index is 2.27. The van der Waals surface area contributed by atoms with Crippen molar-refractivity contribution >= 4 is 24.4 Å². The lowest BCUT2D eigenvalue weighted by Gasteiger charge is -2.17. The van der Waals surface area contributed by atoms with Crippen LogP contribution in [0.15, 0.2) is 30.3 Å². The fraction of sp³-hybridized carbons (Fsp3) is 0.538. The second-order valence-electron chi connectivity index (χ2n) is 4.19. The van der Waals surface area contributed by atoms with Gasteiger partial charge in [0.1, 0.15) is 0 Å². The van der Waals surface area contributed by atoms with E-state index in [0.29, 0.717) is 0 Å². The standard InChI is InChI=1S/C13H20S2/c1-11(2)13(8-14)10-15-9-12-6-4-3-5-7-12/h3-7,11,13-14H,8-10H2,1-2H3. The average Bonchev–Trinajstić information content (AvgIpc) is 2.25. The predicted molar refractivity (Wildman–Crippen MR) is 74.8 cm³/mol. The van der Waals surface area contributed by atoms with E-state index in [9.17, 15) is 0 Å². The van der Waals surface area contributed by atoms with Crippen molar-refractivity contribution in [3.63, 3.8) is 0 Å². The van der Waals surface area contributed by atoms with E-state index in [2.05, 4.69) is 56.8 Å². The van der Waals surface area contributed by atoms with Gasteiger partial charge in [-0.3, -0.25) is 0 Å². The summed E-state index contributed by atoms with van der Waals surface area (Å²) in [6.07, 6.45) is 0. The van der Waals surface area contributed by atoms with Gasteiger partial charge < -0.3 is 0 Å². The van der Waals surface area contributed by atoms with Gasteiger partial charge in [-0.2, -0.15) is 24.4 Å². The molecule has 0 nitrogen and oxygen atoms in total. The van der Waals surface area contributed by atoms with Crippen LogP contribution in [0.3, 0.4) is 0 Å². The minimum Gasteiger partial charge on any atom is -0.179 e. The van der Waals surface area contributed by atoms with Crippen LogP contribution in [0, 0.1) is 11.8 Å². The molecule has 0 fully saturated rings. The Morgan fingerprint density at radius 3 is 2.40 bits per heavy atom. The van der Waals surface area contributed by atoms with Gasteiger partial charge in [0.2, 0.25) is 0 Å². The summed E-state index contributed by atoms with van der Waals surface area (Å²) in [5.41, 5.74) is 1.42. The Morgan fingerprint density at radius 1 is 1.20 bits per heavy atom. The number of benzene rings is 1. The van der Waals surface area contributed by atoms with Crippen molar-refractivity contribution in [1.82, 2.24) is 0 Å². The molecule has 0 aliphatic carbocycles. The molecule has 0 aliphatic heterocycles. The highest BCUT2D eigenvalue weighted by Crippen LogP contribution is 2.21. The van der Waals surface area contributed by atoms with Gasteiger partial charge in [0.25, 0.3) is 0 Å². The summed E-state index contributed by atoms with van der Waals surface area (Å²) in [4.78, 5) is 0. The van der Waals surface area contributed by atoms with Crippen molar-refractivity contribution in [1.29, 1.82) is 0 Å². The van der Waals surface area contributed by atoms with Gasteiger partial charge in [-0.15, -0.1) is 0 Å². The van der Waals surface area contributed by atoms with Crippen molar-refractivity contribution in [2.75, 3.05) is 11.5 Å². The van der Waals surface area contributed by atoms with Crippen molar-refractivity contribution in [2.45, 2.75) is 19.6 Å². The number of rotatable bonds is 6. The molecule has 0 saturated carbocycles. The first-order valence-electron chi connectivity index (χ1n) is 5.46. The number of thiol groups is 1. The van der Waals surface area contributed by atoms with E-state index in [-0.39, 0.29) is 0 Å². The second-order valence-corrected chi connectivity index (χ2v) is 5.58. The molecule has 0 heterocycles. The summed E-state index contributed by atoms with van der Waals surface area (Å²) in [5.74, 6) is 4.82. The van der Waals surface area contributed by atoms with Gasteiger partial charge in [-0.05, 0) is 28.9 Å². The highest BCUT2D eigenvalue weighted by molar-refractivity contribution is 7.98. The zero-order valence-electron chi connectivity index (χ0n) is 9.52. The molecule has 0 N–H and O–H groups in total. The fourth-order valence-corrected chi connectivity index (χ4v) is 3.44. The minimum atomic E-state index is 0.738. The lowest BCUT2D eigenvalue weighted by atomic mass is 10.0. The SMILES string of the molecule is CC(C)C(CS)CSCc1ccccc1. The molecule has 1 aromatic carbocycles. The van der Waals surface area contributed by atoms with E-state index in [4.69, 9.17) is 0 Å². The Hall–Kier alpha value is -0.0800. The molecule has 2 heteroatoms. The van der Waals surface area contributed by atoms with Crippen LogP contribution in [0.2, 0.25) is 0 Å². The van der Waals surface area contributed by atoms with E-state index in [0.717, 1.165) is 23.3 Å². The molecular formula is C13H20S2. The van der Waals surface area contributed by atoms with Crippen LogP contribution in [0.4, 0.5) is 0 Å². The van der Waals surface area contributed by atoms with Crippen LogP contribution >= 0.6 is 24.4 Å². The van der Waals surface area contributed by atoms with Crippen molar-refractivity contribution < 1.29 is 0 Å². The molecule has 1 rings (SSSR count). The summed E-state index contributed by atoms with van der Waals surface area (Å²) in [7, 11) is 0. The smallest absolute Gasteiger partial charge is 0.0184 e. The lowest BCUT2D eigenvalue weighted by Crippen LogP contribution is -2.13. The molecular weight excluding hydrogens is 220 g/mol. The van der Waals surface area contributed by atoms with Gasteiger partial charge >= 0.3 is 0 Å². The maximum Gasteiger partial charge on any atom is 0.0184 e. The van der Waals surface area contributed by atoms with Crippen LogP contribution in [-0.2, 0) is 5.75 Å². The highest BCUT2D eigenvalue weighted by atomic mass is 32.2. The summed E-state index contributed by atoms with van der Waals surface area (Å²) in [6, 6.07) is 10.7. The van der Waals surface area contributed by atoms with Gasteiger partial charge in [0.15, 0.2) is 0 Å². The van der Waals surface area contributed by atoms with Crippen LogP contribution in [0.1, 0.15) is 19.4 Å². The molecule has 84 valence electrons. The average molecular weight is 240 g/mol. The number of thioether (sulfide) groups is 1. The van der Waals surface area contributed by atoms with E-state index >= 15 is 0 Å². The van der Waals surface area contributed by atoms with Gasteiger partial charge in [-0.1, -0.05) is 44.2 Å². The number of hydrogen-bond acceptors (Lipinski definition) is 2. The maximum absolute atomic E-state index is 4.40. The molecule has 0 saturated heterocycles. The molecule has 1 unspecified atom stereocenters. The molecule has 0 spiro atoms. The topological polar surface area (TPSA) is 0 Å². The Labute approximate surface area is 103 Å². The van der Waals surface area contributed by atoms with Gasteiger partial charge in [0, 0.05) is 5.75 Å². The van der Waals surface area contributed by atoms with E-state index in [1.54, 1.807) is 0 Å². The normalized spacial score (nSPS) is 13.1. The summed E-state index contributed by atoms with van der Waals surface area (Å²) in [5, 5.41) is 0. The molecule has 0 amide bonds. The largest absolute Gasteiger partial charge is 0.179 e. The predicted octanol–water partition coefficient (Wildman–Crippen LogP) is 4.12. The van der Waals surface area contributed by atoms with Crippen molar-refractivity contribution in [2.24, 2.45) is 11.8 Å². The van der Waals surface area contributed by atoms with Crippen LogP contribution in [0.5, 0.6) is 0 Å². The maximum atomic E-state index is 4.40. The van der Waals surface area contributed by atoms with Crippen LogP contribution in [0.25, 0.3) is 0 Å². The second kappa shape index (κ2) is 7.24. The van der Waals surface area contributed by atoms with E-state index < -0.39 is 0 Å². The highest BCUT2D eigenvalue weighted by Gasteiger charge is 2.10. The van der Waals surface area contributed by atoms with Crippen LogP contribution < -0.4 is 0 Å². The zero-order valence-corrected chi connectivity index (χ0v) is 11.2. The summed E-state index contributed by atoms with van der Waals surface area (Å²) in [6.45, 7) is 4.56. The van der Waals surface area contributed by atoms with Gasteiger partial charge in [0.05, 0.1) is 0 Å². The fourth-order valence-electron chi connectivity index (χ4n) is 1.36. The van der Waals surface area contributed by atoms with E-state index in [1.807, 2.05) is 11.8 Å². The summed E-state index contributed by atoms with van der Waals surface area (Å²) >= 11 is 6.42. The minimum absolute atomic E-state index is 0.738. The van der Waals surface area contributed by atoms with E-state index in [1.165, 1.54) is 11.3 Å². The van der Waals surface area contributed by atoms with Crippen molar-refractivity contribution in [3.05, 3.63) is 35.9 Å². The Morgan fingerprint density at radius 2 is 1.87 bits per heavy atom. The third-order valence-electron chi connectivity index (χ3n) is 2.62. The quantitative estimate of drug-likeness (QED) is 0.730. The van der Waals surface area contributed by atoms with Gasteiger partial charge in [-0.25, -0.2) is 0 Å². The Bertz CT molecular complexity index is 256. The third-order valence-corrected chi connectivity index (χ3v) is 4.29. The molecule has 0 bridgehead atoms. The first kappa shape index (κ1) is 13.0. The first-order valence-corrected chi connectivity index (χ1v) is 7.25. The number of hydrogen-bond donors (Lipinski definition) is 1.